The predicted octanol–water partition coefficient (Wildman–Crippen LogP) is 7.92. The summed E-state index contributed by atoms with van der Waals surface area (Å²) in [5.74, 6) is 0. The summed E-state index contributed by atoms with van der Waals surface area (Å²) < 4.78 is -2.84. The van der Waals surface area contributed by atoms with Gasteiger partial charge >= 0.3 is 0 Å². The van der Waals surface area contributed by atoms with E-state index < -0.39 is 13.4 Å². The average molecular weight is 427 g/mol. The molecule has 0 bridgehead atoms. The first-order chi connectivity index (χ1) is 9.81. The molecule has 0 radical (unpaired) electrons. The molecule has 0 fully saturated rings. The van der Waals surface area contributed by atoms with Crippen LogP contribution < -0.4 is 0 Å². The van der Waals surface area contributed by atoms with Gasteiger partial charge in [0.25, 0.3) is 0 Å². The molecule has 0 heterocycles. The third-order valence-electron chi connectivity index (χ3n) is 2.83. The van der Waals surface area contributed by atoms with Crippen molar-refractivity contribution in [2.45, 2.75) is 50.9 Å². The molecule has 0 nitrogen and oxygen atoms in total. The topological polar surface area (TPSA) is 0 Å². The highest BCUT2D eigenvalue weighted by Gasteiger charge is 2.52. The molecule has 1 rings (SSSR count). The molecule has 0 aromatic heterocycles. The molecule has 120 valence electrons. The number of unbranched alkanes of at least 4 members (excludes halogenated alkanes) is 2. The molecule has 0 aliphatic carbocycles. The zero-order chi connectivity index (χ0) is 15.9. The Balaban J connectivity index is 2.61. The minimum Gasteiger partial charge on any atom is -0.120 e. The van der Waals surface area contributed by atoms with Crippen molar-refractivity contribution >= 4 is 79.6 Å². The van der Waals surface area contributed by atoms with Crippen molar-refractivity contribution in [1.82, 2.24) is 0 Å². The minimum absolute atomic E-state index is 0.508. The van der Waals surface area contributed by atoms with E-state index in [2.05, 4.69) is 6.92 Å². The Kier molecular flexibility index (Phi) is 9.35. The fourth-order valence-corrected chi connectivity index (χ4v) is 5.67. The predicted molar refractivity (Wildman–Crippen MR) is 103 cm³/mol. The lowest BCUT2D eigenvalue weighted by Gasteiger charge is -2.35. The molecule has 1 unspecified atom stereocenters. The summed E-state index contributed by atoms with van der Waals surface area (Å²) in [7, 11) is 2.63. The molecule has 0 saturated heterocycles. The smallest absolute Gasteiger partial charge is 0.120 e. The van der Waals surface area contributed by atoms with Crippen molar-refractivity contribution in [3.8, 4) is 0 Å². The Bertz CT molecular complexity index is 411. The number of hydrogen-bond acceptors (Lipinski definition) is 2. The van der Waals surface area contributed by atoms with Gasteiger partial charge in [-0.1, -0.05) is 102 Å². The Hall–Kier alpha value is 1.37. The van der Waals surface area contributed by atoms with Crippen molar-refractivity contribution in [2.24, 2.45) is 0 Å². The summed E-state index contributed by atoms with van der Waals surface area (Å²) in [6, 6.07) is 9.75. The quantitative estimate of drug-likeness (QED) is 0.223. The largest absolute Gasteiger partial charge is 0.207 e. The van der Waals surface area contributed by atoms with Gasteiger partial charge in [0.05, 0.1) is 5.38 Å². The number of hydrogen-bond donors (Lipinski definition) is 0. The molecular weight excluding hydrogens is 410 g/mol. The molecule has 1 aromatic carbocycles. The summed E-state index contributed by atoms with van der Waals surface area (Å²) in [6.45, 7) is 2.12. The van der Waals surface area contributed by atoms with E-state index in [1.54, 1.807) is 0 Å². The summed E-state index contributed by atoms with van der Waals surface area (Å²) in [5, 5.41) is -0.508. The van der Waals surface area contributed by atoms with E-state index in [0.29, 0.717) is 6.42 Å². The molecule has 1 aromatic rings. The van der Waals surface area contributed by atoms with Crippen LogP contribution in [0.25, 0.3) is 0 Å². The van der Waals surface area contributed by atoms with Crippen molar-refractivity contribution < 1.29 is 0 Å². The van der Waals surface area contributed by atoms with Crippen LogP contribution in [-0.2, 0) is 0 Å². The molecule has 7 heteroatoms. The zero-order valence-electron chi connectivity index (χ0n) is 11.5. The molecule has 0 saturated carbocycles. The molecular formula is C14H17Cl5S2. The van der Waals surface area contributed by atoms with E-state index >= 15 is 0 Å². The maximum atomic E-state index is 6.36. The minimum atomic E-state index is -1.43. The first kappa shape index (κ1) is 20.4. The van der Waals surface area contributed by atoms with Gasteiger partial charge in [-0.15, -0.1) is 11.6 Å². The summed E-state index contributed by atoms with van der Waals surface area (Å²) in [6.07, 6.45) is 3.82. The Morgan fingerprint density at radius 1 is 1.05 bits per heavy atom. The van der Waals surface area contributed by atoms with E-state index in [1.165, 1.54) is 21.6 Å². The second-order valence-electron chi connectivity index (χ2n) is 4.58. The van der Waals surface area contributed by atoms with Gasteiger partial charge in [0.1, 0.15) is 0 Å². The van der Waals surface area contributed by atoms with Gasteiger partial charge in [0, 0.05) is 4.90 Å². The first-order valence-electron chi connectivity index (χ1n) is 6.61. The number of benzene rings is 1. The third-order valence-corrected chi connectivity index (χ3v) is 9.57. The SMILES string of the molecule is CCCCCC(Cl)C(Cl)(Cl)C(Cl)(Cl)SSc1ccccc1. The van der Waals surface area contributed by atoms with Crippen LogP contribution in [0.2, 0.25) is 0 Å². The van der Waals surface area contributed by atoms with Crippen LogP contribution in [0.3, 0.4) is 0 Å². The molecule has 0 spiro atoms. The molecule has 21 heavy (non-hydrogen) atoms. The first-order valence-corrected chi connectivity index (χ1v) is 10.7. The van der Waals surface area contributed by atoms with Crippen LogP contribution in [0.4, 0.5) is 0 Å². The van der Waals surface area contributed by atoms with Gasteiger partial charge in [0.15, 0.2) is 4.33 Å². The van der Waals surface area contributed by atoms with Crippen LogP contribution >= 0.6 is 79.6 Å². The van der Waals surface area contributed by atoms with E-state index in [9.17, 15) is 0 Å². The van der Waals surface area contributed by atoms with E-state index in [1.807, 2.05) is 30.3 Å². The highest BCUT2D eigenvalue weighted by Crippen LogP contribution is 2.58. The maximum Gasteiger partial charge on any atom is 0.207 e. The highest BCUT2D eigenvalue weighted by molar-refractivity contribution is 8.77. The zero-order valence-corrected chi connectivity index (χ0v) is 16.9. The van der Waals surface area contributed by atoms with Crippen molar-refractivity contribution in [1.29, 1.82) is 0 Å². The van der Waals surface area contributed by atoms with Gasteiger partial charge < -0.3 is 0 Å². The van der Waals surface area contributed by atoms with Crippen LogP contribution in [0.1, 0.15) is 32.6 Å². The van der Waals surface area contributed by atoms with Crippen molar-refractivity contribution in [3.05, 3.63) is 30.3 Å². The number of rotatable bonds is 9. The molecule has 0 amide bonds. The van der Waals surface area contributed by atoms with E-state index in [0.717, 1.165) is 24.2 Å². The van der Waals surface area contributed by atoms with Gasteiger partial charge in [-0.2, -0.15) is 0 Å². The maximum absolute atomic E-state index is 6.36. The lowest BCUT2D eigenvalue weighted by molar-refractivity contribution is 0.602. The Morgan fingerprint density at radius 2 is 1.67 bits per heavy atom. The van der Waals surface area contributed by atoms with Crippen LogP contribution in [0.15, 0.2) is 35.2 Å². The Morgan fingerprint density at radius 3 is 2.24 bits per heavy atom. The van der Waals surface area contributed by atoms with Gasteiger partial charge in [0.2, 0.25) is 3.67 Å². The van der Waals surface area contributed by atoms with Gasteiger partial charge in [-0.25, -0.2) is 0 Å². The summed E-state index contributed by atoms with van der Waals surface area (Å²) >= 11 is 31.7. The van der Waals surface area contributed by atoms with E-state index in [4.69, 9.17) is 58.0 Å². The average Bonchev–Trinajstić information content (AvgIpc) is 2.46. The van der Waals surface area contributed by atoms with Crippen molar-refractivity contribution in [2.75, 3.05) is 0 Å². The standard InChI is InChI=1S/C14H17Cl5S2/c1-2-3-5-10-12(15)13(16,17)14(18,19)21-20-11-8-6-4-7-9-11/h4,6-9,12H,2-3,5,10H2,1H3. The lowest BCUT2D eigenvalue weighted by atomic mass is 10.1. The summed E-state index contributed by atoms with van der Waals surface area (Å²) in [5.41, 5.74) is 0. The van der Waals surface area contributed by atoms with Crippen LogP contribution in [-0.4, -0.2) is 13.4 Å². The highest BCUT2D eigenvalue weighted by atomic mass is 35.5. The molecule has 0 aliphatic rings. The van der Waals surface area contributed by atoms with Crippen LogP contribution in [0, 0.1) is 0 Å². The summed E-state index contributed by atoms with van der Waals surface area (Å²) in [4.78, 5) is 1.02. The normalized spacial score (nSPS) is 14.2. The second-order valence-corrected chi connectivity index (χ2v) is 10.7. The molecule has 0 aliphatic heterocycles. The van der Waals surface area contributed by atoms with E-state index in [-0.39, 0.29) is 0 Å². The number of alkyl halides is 5. The lowest BCUT2D eigenvalue weighted by Crippen LogP contribution is -2.41. The molecule has 1 atom stereocenters. The third kappa shape index (κ3) is 6.41. The van der Waals surface area contributed by atoms with Gasteiger partial charge in [-0.3, -0.25) is 0 Å². The Labute approximate surface area is 160 Å². The number of halogens is 5. The second kappa shape index (κ2) is 9.61. The van der Waals surface area contributed by atoms with Crippen molar-refractivity contribution in [3.63, 3.8) is 0 Å². The fraction of sp³-hybridized carbons (Fsp3) is 0.571. The monoisotopic (exact) mass is 424 g/mol. The van der Waals surface area contributed by atoms with Gasteiger partial charge in [-0.05, 0) is 29.3 Å². The molecule has 0 N–H and O–H groups in total. The van der Waals surface area contributed by atoms with Crippen LogP contribution in [0.5, 0.6) is 0 Å². The fourth-order valence-electron chi connectivity index (χ4n) is 1.57.